The summed E-state index contributed by atoms with van der Waals surface area (Å²) in [5.74, 6) is -0.250. The Balaban J connectivity index is 3.90. The van der Waals surface area contributed by atoms with Gasteiger partial charge >= 0.3 is 0 Å². The second kappa shape index (κ2) is 8.25. The van der Waals surface area contributed by atoms with E-state index in [1.165, 1.54) is 0 Å². The molecule has 0 saturated heterocycles. The first-order chi connectivity index (χ1) is 7.39. The minimum Gasteiger partial charge on any atom is -0.382 e. The van der Waals surface area contributed by atoms with Crippen molar-refractivity contribution in [3.8, 4) is 0 Å². The molecule has 0 fully saturated rings. The molecule has 0 aliphatic heterocycles. The third-order valence-corrected chi connectivity index (χ3v) is 3.15. The molecule has 0 saturated carbocycles. The third kappa shape index (κ3) is 9.35. The molecule has 0 bridgehead atoms. The van der Waals surface area contributed by atoms with Crippen molar-refractivity contribution in [1.29, 1.82) is 0 Å². The fraction of sp³-hybridized carbons (Fsp3) is 1.00. The average molecular weight is 275 g/mol. The number of hydrogen-bond donors (Lipinski definition) is 0. The fourth-order valence-corrected chi connectivity index (χ4v) is 2.63. The molecule has 16 heavy (non-hydrogen) atoms. The Labute approximate surface area is 101 Å². The van der Waals surface area contributed by atoms with Crippen molar-refractivity contribution in [1.82, 2.24) is 0 Å². The van der Waals surface area contributed by atoms with E-state index < -0.39 is 9.05 Å². The van der Waals surface area contributed by atoms with Crippen LogP contribution in [0.2, 0.25) is 0 Å². The van der Waals surface area contributed by atoms with Crippen molar-refractivity contribution in [2.24, 2.45) is 5.92 Å². The van der Waals surface area contributed by atoms with E-state index in [0.29, 0.717) is 19.8 Å². The lowest BCUT2D eigenvalue weighted by Gasteiger charge is -2.18. The van der Waals surface area contributed by atoms with Crippen LogP contribution in [0, 0.1) is 5.92 Å². The summed E-state index contributed by atoms with van der Waals surface area (Å²) in [6, 6.07) is 0. The van der Waals surface area contributed by atoms with Crippen LogP contribution < -0.4 is 0 Å². The van der Waals surface area contributed by atoms with Gasteiger partial charge in [-0.2, -0.15) is 0 Å². The number of methoxy groups -OCH3 is 2. The molecule has 0 aromatic rings. The van der Waals surface area contributed by atoms with Crippen molar-refractivity contribution >= 4 is 19.7 Å². The van der Waals surface area contributed by atoms with Crippen LogP contribution >= 0.6 is 10.7 Å². The summed E-state index contributed by atoms with van der Waals surface area (Å²) in [4.78, 5) is 0. The smallest absolute Gasteiger partial charge is 0.232 e. The summed E-state index contributed by atoms with van der Waals surface area (Å²) in [5, 5.41) is 0. The van der Waals surface area contributed by atoms with Gasteiger partial charge in [0.1, 0.15) is 6.10 Å². The van der Waals surface area contributed by atoms with E-state index in [4.69, 9.17) is 24.9 Å². The molecule has 0 aliphatic rings. The molecule has 0 radical (unpaired) electrons. The van der Waals surface area contributed by atoms with E-state index >= 15 is 0 Å². The topological polar surface area (TPSA) is 61.8 Å². The molecule has 98 valence electrons. The molecule has 0 aromatic heterocycles. The van der Waals surface area contributed by atoms with Crippen molar-refractivity contribution in [2.45, 2.75) is 13.0 Å². The van der Waals surface area contributed by atoms with E-state index in [0.717, 1.165) is 0 Å². The maximum Gasteiger partial charge on any atom is 0.232 e. The third-order valence-electron chi connectivity index (χ3n) is 1.81. The Hall–Kier alpha value is 0.120. The quantitative estimate of drug-likeness (QED) is 0.584. The van der Waals surface area contributed by atoms with E-state index in [2.05, 4.69) is 0 Å². The molecule has 0 heterocycles. The summed E-state index contributed by atoms with van der Waals surface area (Å²) in [7, 11) is 4.80. The summed E-state index contributed by atoms with van der Waals surface area (Å²) >= 11 is 0. The minimum atomic E-state index is -3.47. The fourth-order valence-electron chi connectivity index (χ4n) is 1.20. The first-order valence-corrected chi connectivity index (χ1v) is 7.38. The highest BCUT2D eigenvalue weighted by atomic mass is 35.7. The molecule has 1 unspecified atom stereocenters. The highest BCUT2D eigenvalue weighted by molar-refractivity contribution is 8.13. The molecule has 5 nitrogen and oxygen atoms in total. The molecule has 0 N–H and O–H groups in total. The Morgan fingerprint density at radius 3 is 2.00 bits per heavy atom. The zero-order valence-corrected chi connectivity index (χ0v) is 11.4. The van der Waals surface area contributed by atoms with Crippen LogP contribution in [0.15, 0.2) is 0 Å². The van der Waals surface area contributed by atoms with Crippen LogP contribution in [0.1, 0.15) is 6.92 Å². The molecule has 1 atom stereocenters. The molecule has 0 amide bonds. The van der Waals surface area contributed by atoms with Gasteiger partial charge in [0.2, 0.25) is 9.05 Å². The normalized spacial score (nSPS) is 14.3. The van der Waals surface area contributed by atoms with Gasteiger partial charge in [-0.3, -0.25) is 0 Å². The van der Waals surface area contributed by atoms with Crippen molar-refractivity contribution in [3.05, 3.63) is 0 Å². The Kier molecular flexibility index (Phi) is 8.31. The molecule has 7 heteroatoms. The van der Waals surface area contributed by atoms with Gasteiger partial charge in [0.15, 0.2) is 0 Å². The first kappa shape index (κ1) is 16.1. The molecular weight excluding hydrogens is 256 g/mol. The second-order valence-corrected chi connectivity index (χ2v) is 6.50. The maximum atomic E-state index is 10.8. The predicted molar refractivity (Wildman–Crippen MR) is 62.3 cm³/mol. The minimum absolute atomic E-state index is 0.0960. The van der Waals surface area contributed by atoms with Gasteiger partial charge in [-0.1, -0.05) is 6.92 Å². The standard InChI is InChI=1S/C9H19ClO5S/c1-8(7-16(10,11)12)4-15-9(5-13-2)6-14-3/h8-9H,4-7H2,1-3H3. The van der Waals surface area contributed by atoms with Gasteiger partial charge in [0, 0.05) is 24.9 Å². The number of hydrogen-bond acceptors (Lipinski definition) is 5. The lowest BCUT2D eigenvalue weighted by Crippen LogP contribution is -2.27. The van der Waals surface area contributed by atoms with Crippen LogP contribution in [-0.4, -0.2) is 54.3 Å². The Bertz CT molecular complexity index is 261. The zero-order valence-electron chi connectivity index (χ0n) is 9.81. The van der Waals surface area contributed by atoms with Crippen LogP contribution in [0.4, 0.5) is 0 Å². The number of rotatable bonds is 9. The first-order valence-electron chi connectivity index (χ1n) is 4.90. The molecule has 0 spiro atoms. The lowest BCUT2D eigenvalue weighted by molar-refractivity contribution is -0.0488. The molecular formula is C9H19ClO5S. The summed E-state index contributed by atoms with van der Waals surface area (Å²) < 4.78 is 36.9. The van der Waals surface area contributed by atoms with Gasteiger partial charge in [-0.15, -0.1) is 0 Å². The average Bonchev–Trinajstić information content (AvgIpc) is 2.12. The van der Waals surface area contributed by atoms with E-state index in [-0.39, 0.29) is 17.8 Å². The zero-order chi connectivity index (χ0) is 12.6. The van der Waals surface area contributed by atoms with Gasteiger partial charge in [-0.05, 0) is 5.92 Å². The van der Waals surface area contributed by atoms with Crippen molar-refractivity contribution < 1.29 is 22.6 Å². The SMILES string of the molecule is COCC(COC)OCC(C)CS(=O)(=O)Cl. The number of halogens is 1. The van der Waals surface area contributed by atoms with E-state index in [1.807, 2.05) is 0 Å². The van der Waals surface area contributed by atoms with Gasteiger partial charge in [-0.25, -0.2) is 8.42 Å². The van der Waals surface area contributed by atoms with Crippen LogP contribution in [0.25, 0.3) is 0 Å². The maximum absolute atomic E-state index is 10.8. The highest BCUT2D eigenvalue weighted by Crippen LogP contribution is 2.07. The van der Waals surface area contributed by atoms with E-state index in [9.17, 15) is 8.42 Å². The Morgan fingerprint density at radius 2 is 1.62 bits per heavy atom. The summed E-state index contributed by atoms with van der Waals surface area (Å²) in [6.45, 7) is 2.89. The number of ether oxygens (including phenoxy) is 3. The van der Waals surface area contributed by atoms with Gasteiger partial charge in [0.25, 0.3) is 0 Å². The monoisotopic (exact) mass is 274 g/mol. The van der Waals surface area contributed by atoms with E-state index in [1.54, 1.807) is 21.1 Å². The van der Waals surface area contributed by atoms with Gasteiger partial charge in [0.05, 0.1) is 25.6 Å². The van der Waals surface area contributed by atoms with Crippen molar-refractivity contribution in [2.75, 3.05) is 39.8 Å². The lowest BCUT2D eigenvalue weighted by atomic mass is 10.2. The van der Waals surface area contributed by atoms with Crippen LogP contribution in [-0.2, 0) is 23.3 Å². The van der Waals surface area contributed by atoms with Crippen LogP contribution in [0.5, 0.6) is 0 Å². The largest absolute Gasteiger partial charge is 0.382 e. The Morgan fingerprint density at radius 1 is 1.12 bits per heavy atom. The summed E-state index contributed by atoms with van der Waals surface area (Å²) in [5.41, 5.74) is 0. The summed E-state index contributed by atoms with van der Waals surface area (Å²) in [6.07, 6.45) is -0.185. The van der Waals surface area contributed by atoms with Crippen LogP contribution in [0.3, 0.4) is 0 Å². The predicted octanol–water partition coefficient (Wildman–Crippen LogP) is 0.869. The molecule has 0 aromatic carbocycles. The molecule has 0 aliphatic carbocycles. The van der Waals surface area contributed by atoms with Gasteiger partial charge < -0.3 is 14.2 Å². The second-order valence-electron chi connectivity index (χ2n) is 3.68. The highest BCUT2D eigenvalue weighted by Gasteiger charge is 2.15. The van der Waals surface area contributed by atoms with Crippen molar-refractivity contribution in [3.63, 3.8) is 0 Å². The molecule has 0 rings (SSSR count).